The maximum Gasteiger partial charge on any atom is 3.00 e. The molecule has 0 atom stereocenters. The van der Waals surface area contributed by atoms with E-state index in [4.69, 9.17) is 0 Å². The minimum absolute atomic E-state index is 0. The van der Waals surface area contributed by atoms with Gasteiger partial charge in [0, 0.05) is 0 Å². The van der Waals surface area contributed by atoms with E-state index in [2.05, 4.69) is 27.7 Å². The van der Waals surface area contributed by atoms with Crippen LogP contribution in [0, 0.1) is 41.5 Å². The predicted octanol–water partition coefficient (Wildman–Crippen LogP) is 6.55. The molecule has 0 amide bonds. The van der Waals surface area contributed by atoms with Crippen LogP contribution in [-0.4, -0.2) is 5.48 Å². The number of hydrogen-bond acceptors (Lipinski definition) is 0. The molecule has 130 valence electrons. The van der Waals surface area contributed by atoms with Gasteiger partial charge in [0.2, 0.25) is 0 Å². The Balaban J connectivity index is -0.0000000124. The van der Waals surface area contributed by atoms with Crippen molar-refractivity contribution in [1.29, 1.82) is 0 Å². The molecule has 0 aromatic rings. The van der Waals surface area contributed by atoms with Crippen LogP contribution in [0.3, 0.4) is 0 Å². The Hall–Kier alpha value is 1.39. The van der Waals surface area contributed by atoms with E-state index in [0.717, 1.165) is 12.8 Å². The molecule has 2 N–H and O–H groups in total. The molecule has 0 aliphatic carbocycles. The van der Waals surface area contributed by atoms with Gasteiger partial charge in [-0.15, -0.1) is 0 Å². The van der Waals surface area contributed by atoms with Crippen LogP contribution < -0.4 is 0 Å². The molecule has 0 aromatic heterocycles. The topological polar surface area (TPSA) is 31.5 Å². The Bertz CT molecular complexity index is 51.2. The second-order valence-corrected chi connectivity index (χ2v) is 3.57. The van der Waals surface area contributed by atoms with Gasteiger partial charge in [0.15, 0.2) is 0 Å². The largest absolute Gasteiger partial charge is 3.00 e. The van der Waals surface area contributed by atoms with Crippen LogP contribution >= 0.6 is 0 Å². The second kappa shape index (κ2) is 101. The van der Waals surface area contributed by atoms with Gasteiger partial charge >= 0.3 is 43.4 Å². The van der Waals surface area contributed by atoms with E-state index in [9.17, 15) is 0 Å². The van der Waals surface area contributed by atoms with Gasteiger partial charge in [0.05, 0.1) is 0 Å². The van der Waals surface area contributed by atoms with Gasteiger partial charge in [0.1, 0.15) is 0 Å². The summed E-state index contributed by atoms with van der Waals surface area (Å²) in [5, 5.41) is 0. The van der Waals surface area contributed by atoms with Crippen molar-refractivity contribution in [3.63, 3.8) is 0 Å². The van der Waals surface area contributed by atoms with Crippen molar-refractivity contribution in [1.82, 2.24) is 0 Å². The zero-order valence-corrected chi connectivity index (χ0v) is 19.4. The van der Waals surface area contributed by atoms with E-state index in [1.54, 1.807) is 0 Å². The average molecular weight is 372 g/mol. The standard InChI is InChI=1S/2C5H11.2C3H7.2CH3.H2O.2Ti/c2*1-3-5-4-2;2*1-3-2;;;;;/h2*1,3-5H2,2H3;2*3H,1-2H3;2*1H3;1H2;;/q6*-1;;2*+3. The van der Waals surface area contributed by atoms with Crippen LogP contribution in [0.2, 0.25) is 0 Å². The summed E-state index contributed by atoms with van der Waals surface area (Å²) in [6.45, 7) is 19.7. The molecule has 0 fully saturated rings. The molecule has 3 heteroatoms. The molecule has 21 heavy (non-hydrogen) atoms. The molecule has 1 nitrogen and oxygen atoms in total. The molecule has 0 aliphatic heterocycles. The maximum atomic E-state index is 3.68. The molecular weight excluding hydrogens is 328 g/mol. The van der Waals surface area contributed by atoms with Crippen molar-refractivity contribution in [2.45, 2.75) is 80.1 Å². The van der Waals surface area contributed by atoms with E-state index in [1.165, 1.54) is 25.7 Å². The van der Waals surface area contributed by atoms with Crippen LogP contribution in [0.25, 0.3) is 0 Å². The van der Waals surface area contributed by atoms with E-state index in [1.807, 2.05) is 40.5 Å². The van der Waals surface area contributed by atoms with E-state index >= 15 is 0 Å². The second-order valence-electron chi connectivity index (χ2n) is 3.57. The van der Waals surface area contributed by atoms with Gasteiger partial charge in [-0.2, -0.15) is 40.5 Å². The van der Waals surface area contributed by atoms with Crippen LogP contribution in [0.1, 0.15) is 80.1 Å². The molecular formula is C18H44OTi2. The van der Waals surface area contributed by atoms with E-state index < -0.39 is 0 Å². The number of unbranched alkanes of at least 4 members (excludes halogenated alkanes) is 4. The Morgan fingerprint density at radius 1 is 0.667 bits per heavy atom. The monoisotopic (exact) mass is 372 g/mol. The third kappa shape index (κ3) is 277. The summed E-state index contributed by atoms with van der Waals surface area (Å²) in [4.78, 5) is 0. The first kappa shape index (κ1) is 57.1. The van der Waals surface area contributed by atoms with Crippen LogP contribution in [0.4, 0.5) is 0 Å². The van der Waals surface area contributed by atoms with Crippen LogP contribution in [0.15, 0.2) is 0 Å². The first-order valence-corrected chi connectivity index (χ1v) is 6.72. The SMILES string of the molecule is C[CH-]C.C[CH-]C.O.[CH2-]CCCC.[CH2-]CCCC.[CH3-].[CH3-].[Ti+3].[Ti+3]. The molecule has 2 radical (unpaired) electrons. The summed E-state index contributed by atoms with van der Waals surface area (Å²) in [5.74, 6) is 0. The molecule has 0 saturated carbocycles. The smallest absolute Gasteiger partial charge is 0.412 e. The minimum atomic E-state index is 0. The Morgan fingerprint density at radius 3 is 0.810 bits per heavy atom. The number of hydrogen-bond donors (Lipinski definition) is 0. The molecule has 0 saturated heterocycles. The number of rotatable bonds is 4. The average Bonchev–Trinajstić information content (AvgIpc) is 2.23. The Labute approximate surface area is 169 Å². The fraction of sp³-hybridized carbons (Fsp3) is 0.667. The Kier molecular flexibility index (Phi) is 274. The van der Waals surface area contributed by atoms with Gasteiger partial charge in [-0.25, -0.2) is 0 Å². The first-order valence-electron chi connectivity index (χ1n) is 6.72. The van der Waals surface area contributed by atoms with E-state index in [-0.39, 0.29) is 63.8 Å². The minimum Gasteiger partial charge on any atom is -0.412 e. The summed E-state index contributed by atoms with van der Waals surface area (Å²) in [5.41, 5.74) is 0. The van der Waals surface area contributed by atoms with Crippen molar-refractivity contribution in [3.05, 3.63) is 41.5 Å². The van der Waals surface area contributed by atoms with Gasteiger partial charge in [-0.05, 0) is 0 Å². The zero-order valence-electron chi connectivity index (χ0n) is 16.3. The molecule has 0 rings (SSSR count). The summed E-state index contributed by atoms with van der Waals surface area (Å²) in [6.07, 6.45) is 11.3. The zero-order chi connectivity index (χ0) is 13.7. The maximum absolute atomic E-state index is 3.68. The van der Waals surface area contributed by atoms with Gasteiger partial charge in [-0.3, -0.25) is 0 Å². The summed E-state index contributed by atoms with van der Waals surface area (Å²) < 4.78 is 0. The van der Waals surface area contributed by atoms with Crippen molar-refractivity contribution < 1.29 is 48.9 Å². The molecule has 0 unspecified atom stereocenters. The summed E-state index contributed by atoms with van der Waals surface area (Å²) in [6, 6.07) is 0. The summed E-state index contributed by atoms with van der Waals surface area (Å²) in [7, 11) is 0. The Morgan fingerprint density at radius 2 is 0.810 bits per heavy atom. The molecule has 0 aromatic carbocycles. The quantitative estimate of drug-likeness (QED) is 0.396. The van der Waals surface area contributed by atoms with E-state index in [0.29, 0.717) is 0 Å². The van der Waals surface area contributed by atoms with Crippen molar-refractivity contribution in [2.75, 3.05) is 0 Å². The van der Waals surface area contributed by atoms with Gasteiger partial charge < -0.3 is 47.0 Å². The fourth-order valence-corrected chi connectivity index (χ4v) is 0.500. The van der Waals surface area contributed by atoms with Gasteiger partial charge in [0.25, 0.3) is 0 Å². The van der Waals surface area contributed by atoms with Crippen molar-refractivity contribution in [2.24, 2.45) is 0 Å². The summed E-state index contributed by atoms with van der Waals surface area (Å²) >= 11 is 0. The molecule has 0 bridgehead atoms. The predicted molar refractivity (Wildman–Crippen MR) is 97.5 cm³/mol. The fourth-order valence-electron chi connectivity index (χ4n) is 0.500. The molecule has 0 aliphatic rings. The molecule has 0 spiro atoms. The third-order valence-corrected chi connectivity index (χ3v) is 1.21. The van der Waals surface area contributed by atoms with Crippen LogP contribution in [0.5, 0.6) is 0 Å². The first-order chi connectivity index (χ1) is 7.66. The molecule has 0 heterocycles. The van der Waals surface area contributed by atoms with Crippen LogP contribution in [-0.2, 0) is 43.4 Å². The normalized spacial score (nSPS) is 5.71. The third-order valence-electron chi connectivity index (χ3n) is 1.21. The van der Waals surface area contributed by atoms with Crippen molar-refractivity contribution in [3.8, 4) is 0 Å². The van der Waals surface area contributed by atoms with Gasteiger partial charge in [-0.1, -0.05) is 39.5 Å². The van der Waals surface area contributed by atoms with Crippen molar-refractivity contribution >= 4 is 0 Å².